The first-order valence-corrected chi connectivity index (χ1v) is 7.40. The first kappa shape index (κ1) is 19.5. The number of thiophene rings is 1. The molecule has 1 aliphatic rings. The van der Waals surface area contributed by atoms with Gasteiger partial charge in [-0.15, -0.1) is 36.2 Å². The second kappa shape index (κ2) is 10.3. The Kier molecular flexibility index (Phi) is 10.0. The molecule has 0 unspecified atom stereocenters. The Morgan fingerprint density at radius 1 is 1.30 bits per heavy atom. The number of amides is 1. The van der Waals surface area contributed by atoms with Crippen molar-refractivity contribution in [3.05, 3.63) is 17.5 Å². The van der Waals surface area contributed by atoms with Crippen LogP contribution in [-0.2, 0) is 4.79 Å². The molecule has 0 atom stereocenters. The van der Waals surface area contributed by atoms with E-state index in [4.69, 9.17) is 0 Å². The molecule has 0 radical (unpaired) electrons. The molecule has 1 saturated heterocycles. The summed E-state index contributed by atoms with van der Waals surface area (Å²) < 4.78 is 0. The van der Waals surface area contributed by atoms with Gasteiger partial charge in [-0.1, -0.05) is 0 Å². The lowest BCUT2D eigenvalue weighted by Crippen LogP contribution is -2.48. The molecular weight excluding hydrogens is 317 g/mol. The SMILES string of the molecule is CNCCCC(=O)N1CCN(c2cccs2)CC1.Cl.Cl. The molecule has 1 aromatic rings. The van der Waals surface area contributed by atoms with Crippen LogP contribution in [0.25, 0.3) is 0 Å². The summed E-state index contributed by atoms with van der Waals surface area (Å²) in [5, 5.41) is 6.49. The van der Waals surface area contributed by atoms with Gasteiger partial charge in [-0.3, -0.25) is 4.79 Å². The van der Waals surface area contributed by atoms with Crippen molar-refractivity contribution in [2.24, 2.45) is 0 Å². The van der Waals surface area contributed by atoms with Gasteiger partial charge >= 0.3 is 0 Å². The van der Waals surface area contributed by atoms with Crippen molar-refractivity contribution in [2.45, 2.75) is 12.8 Å². The molecule has 1 N–H and O–H groups in total. The second-order valence-corrected chi connectivity index (χ2v) is 5.45. The molecule has 0 aromatic carbocycles. The van der Waals surface area contributed by atoms with Crippen molar-refractivity contribution in [2.75, 3.05) is 44.7 Å². The van der Waals surface area contributed by atoms with Crippen LogP contribution in [0.2, 0.25) is 0 Å². The molecule has 1 amide bonds. The van der Waals surface area contributed by atoms with E-state index in [1.807, 2.05) is 11.9 Å². The summed E-state index contributed by atoms with van der Waals surface area (Å²) >= 11 is 1.77. The Balaban J connectivity index is 0.00000180. The predicted molar refractivity (Wildman–Crippen MR) is 90.8 cm³/mol. The molecule has 2 heterocycles. The fourth-order valence-electron chi connectivity index (χ4n) is 2.20. The van der Waals surface area contributed by atoms with E-state index in [2.05, 4.69) is 27.7 Å². The molecule has 2 rings (SSSR count). The van der Waals surface area contributed by atoms with E-state index in [1.165, 1.54) is 5.00 Å². The molecule has 0 saturated carbocycles. The summed E-state index contributed by atoms with van der Waals surface area (Å²) in [6, 6.07) is 4.23. The topological polar surface area (TPSA) is 35.6 Å². The summed E-state index contributed by atoms with van der Waals surface area (Å²) in [5.74, 6) is 0.302. The number of hydrogen-bond donors (Lipinski definition) is 1. The average Bonchev–Trinajstić information content (AvgIpc) is 2.93. The lowest BCUT2D eigenvalue weighted by atomic mass is 10.2. The minimum atomic E-state index is 0. The fraction of sp³-hybridized carbons (Fsp3) is 0.615. The number of carbonyl (C=O) groups is 1. The minimum Gasteiger partial charge on any atom is -0.360 e. The van der Waals surface area contributed by atoms with E-state index < -0.39 is 0 Å². The third-order valence-electron chi connectivity index (χ3n) is 3.27. The van der Waals surface area contributed by atoms with Crippen LogP contribution < -0.4 is 10.2 Å². The number of anilines is 1. The number of piperazine rings is 1. The van der Waals surface area contributed by atoms with Crippen molar-refractivity contribution in [1.82, 2.24) is 10.2 Å². The van der Waals surface area contributed by atoms with E-state index in [1.54, 1.807) is 11.3 Å². The number of nitrogens with zero attached hydrogens (tertiary/aromatic N) is 2. The summed E-state index contributed by atoms with van der Waals surface area (Å²) in [4.78, 5) is 16.3. The first-order valence-electron chi connectivity index (χ1n) is 6.52. The molecule has 1 aliphatic heterocycles. The Bertz CT molecular complexity index is 368. The van der Waals surface area contributed by atoms with Crippen LogP contribution in [0.15, 0.2) is 17.5 Å². The predicted octanol–water partition coefficient (Wildman–Crippen LogP) is 2.24. The van der Waals surface area contributed by atoms with Crippen LogP contribution in [0.1, 0.15) is 12.8 Å². The largest absolute Gasteiger partial charge is 0.360 e. The third kappa shape index (κ3) is 5.48. The minimum absolute atomic E-state index is 0. The maximum Gasteiger partial charge on any atom is 0.222 e. The Morgan fingerprint density at radius 3 is 2.55 bits per heavy atom. The summed E-state index contributed by atoms with van der Waals surface area (Å²) in [5.41, 5.74) is 0. The van der Waals surface area contributed by atoms with Crippen molar-refractivity contribution >= 4 is 47.1 Å². The highest BCUT2D eigenvalue weighted by Gasteiger charge is 2.20. The highest BCUT2D eigenvalue weighted by atomic mass is 35.5. The van der Waals surface area contributed by atoms with Crippen LogP contribution in [0.5, 0.6) is 0 Å². The van der Waals surface area contributed by atoms with Gasteiger partial charge in [0.25, 0.3) is 0 Å². The molecule has 4 nitrogen and oxygen atoms in total. The number of halogens is 2. The molecule has 0 spiro atoms. The van der Waals surface area contributed by atoms with E-state index in [0.717, 1.165) is 39.1 Å². The van der Waals surface area contributed by atoms with Crippen molar-refractivity contribution in [3.63, 3.8) is 0 Å². The zero-order chi connectivity index (χ0) is 12.8. The summed E-state index contributed by atoms with van der Waals surface area (Å²) in [7, 11) is 1.92. The van der Waals surface area contributed by atoms with Gasteiger partial charge in [0.15, 0.2) is 0 Å². The second-order valence-electron chi connectivity index (χ2n) is 4.53. The highest BCUT2D eigenvalue weighted by molar-refractivity contribution is 7.14. The fourth-order valence-corrected chi connectivity index (χ4v) is 2.99. The van der Waals surface area contributed by atoms with Crippen LogP contribution in [-0.4, -0.2) is 50.6 Å². The first-order chi connectivity index (χ1) is 8.81. The van der Waals surface area contributed by atoms with Gasteiger partial charge in [-0.05, 0) is 37.5 Å². The van der Waals surface area contributed by atoms with Crippen molar-refractivity contribution < 1.29 is 4.79 Å². The number of nitrogens with one attached hydrogen (secondary N) is 1. The molecule has 0 bridgehead atoms. The molecule has 7 heteroatoms. The van der Waals surface area contributed by atoms with E-state index >= 15 is 0 Å². The zero-order valence-corrected chi connectivity index (χ0v) is 14.2. The van der Waals surface area contributed by atoms with Gasteiger partial charge in [0.2, 0.25) is 5.91 Å². The zero-order valence-electron chi connectivity index (χ0n) is 11.7. The quantitative estimate of drug-likeness (QED) is 0.835. The third-order valence-corrected chi connectivity index (χ3v) is 4.20. The van der Waals surface area contributed by atoms with Crippen molar-refractivity contribution in [1.29, 1.82) is 0 Å². The molecule has 116 valence electrons. The number of carbonyl (C=O) groups excluding carboxylic acids is 1. The number of hydrogen-bond acceptors (Lipinski definition) is 4. The molecule has 1 fully saturated rings. The van der Waals surface area contributed by atoms with Gasteiger partial charge < -0.3 is 15.1 Å². The molecular formula is C13H23Cl2N3OS. The van der Waals surface area contributed by atoms with Gasteiger partial charge in [0.05, 0.1) is 5.00 Å². The van der Waals surface area contributed by atoms with Crippen molar-refractivity contribution in [3.8, 4) is 0 Å². The smallest absolute Gasteiger partial charge is 0.222 e. The highest BCUT2D eigenvalue weighted by Crippen LogP contribution is 2.22. The molecule has 1 aromatic heterocycles. The summed E-state index contributed by atoms with van der Waals surface area (Å²) in [6.45, 7) is 4.55. The van der Waals surface area contributed by atoms with E-state index in [-0.39, 0.29) is 24.8 Å². The van der Waals surface area contributed by atoms with Gasteiger partial charge in [0, 0.05) is 32.6 Å². The van der Waals surface area contributed by atoms with Gasteiger partial charge in [-0.2, -0.15) is 0 Å². The van der Waals surface area contributed by atoms with Crippen LogP contribution in [0, 0.1) is 0 Å². The normalized spacial score (nSPS) is 14.4. The van der Waals surface area contributed by atoms with Crippen LogP contribution in [0.4, 0.5) is 5.00 Å². The van der Waals surface area contributed by atoms with Crippen LogP contribution >= 0.6 is 36.2 Å². The van der Waals surface area contributed by atoms with Crippen LogP contribution in [0.3, 0.4) is 0 Å². The maximum absolute atomic E-state index is 11.9. The van der Waals surface area contributed by atoms with Gasteiger partial charge in [-0.25, -0.2) is 0 Å². The Hall–Kier alpha value is -0.490. The van der Waals surface area contributed by atoms with E-state index in [9.17, 15) is 4.79 Å². The van der Waals surface area contributed by atoms with Gasteiger partial charge in [0.1, 0.15) is 0 Å². The lowest BCUT2D eigenvalue weighted by Gasteiger charge is -2.35. The standard InChI is InChI=1S/C13H21N3OS.2ClH/c1-14-6-2-4-12(17)15-7-9-16(10-8-15)13-5-3-11-18-13;;/h3,5,11,14H,2,4,6-10H2,1H3;2*1H. The maximum atomic E-state index is 11.9. The molecule has 20 heavy (non-hydrogen) atoms. The Morgan fingerprint density at radius 2 is 2.00 bits per heavy atom. The lowest BCUT2D eigenvalue weighted by molar-refractivity contribution is -0.131. The van der Waals surface area contributed by atoms with E-state index in [0.29, 0.717) is 12.3 Å². The number of rotatable bonds is 5. The monoisotopic (exact) mass is 339 g/mol. The Labute approximate surface area is 137 Å². The average molecular weight is 340 g/mol. The summed E-state index contributed by atoms with van der Waals surface area (Å²) in [6.07, 6.45) is 1.60. The molecule has 0 aliphatic carbocycles.